The summed E-state index contributed by atoms with van der Waals surface area (Å²) in [5.41, 5.74) is 1.99. The lowest BCUT2D eigenvalue weighted by Crippen LogP contribution is -2.23. The van der Waals surface area contributed by atoms with Gasteiger partial charge in [-0.15, -0.1) is 0 Å². The van der Waals surface area contributed by atoms with Crippen LogP contribution in [-0.2, 0) is 14.3 Å². The Kier molecular flexibility index (Phi) is 5.49. The minimum Gasteiger partial charge on any atom is -0.455 e. The molecule has 1 unspecified atom stereocenters. The highest BCUT2D eigenvalue weighted by molar-refractivity contribution is 7.22. The molecule has 1 aromatic heterocycles. The molecule has 5 nitrogen and oxygen atoms in total. The standard InChI is InChI=1S/C16H20N2O3S/c1-4-5-11(3)15(20)21-9-14(19)18-16-17-12-7-6-10(2)8-13(12)22-16/h6-8,11H,4-5,9H2,1-3H3,(H,17,18,19). The van der Waals surface area contributed by atoms with Gasteiger partial charge in [-0.2, -0.15) is 0 Å². The quantitative estimate of drug-likeness (QED) is 0.827. The van der Waals surface area contributed by atoms with Crippen LogP contribution in [0.1, 0.15) is 32.3 Å². The Bertz CT molecular complexity index is 681. The zero-order chi connectivity index (χ0) is 16.1. The highest BCUT2D eigenvalue weighted by Gasteiger charge is 2.15. The van der Waals surface area contributed by atoms with Gasteiger partial charge in [0, 0.05) is 0 Å². The van der Waals surface area contributed by atoms with Crippen LogP contribution in [0.5, 0.6) is 0 Å². The Morgan fingerprint density at radius 2 is 2.18 bits per heavy atom. The third kappa shape index (κ3) is 4.27. The molecule has 1 N–H and O–H groups in total. The van der Waals surface area contributed by atoms with Crippen LogP contribution in [0.15, 0.2) is 18.2 Å². The second-order valence-corrected chi connectivity index (χ2v) is 6.37. The third-order valence-corrected chi connectivity index (χ3v) is 4.19. The van der Waals surface area contributed by atoms with Gasteiger partial charge in [0.05, 0.1) is 16.1 Å². The van der Waals surface area contributed by atoms with Crippen LogP contribution in [0.3, 0.4) is 0 Å². The second-order valence-electron chi connectivity index (χ2n) is 5.34. The summed E-state index contributed by atoms with van der Waals surface area (Å²) in [5, 5.41) is 3.19. The van der Waals surface area contributed by atoms with Gasteiger partial charge in [-0.05, 0) is 31.0 Å². The molecule has 1 amide bonds. The predicted octanol–water partition coefficient (Wildman–Crippen LogP) is 3.52. The molecule has 6 heteroatoms. The topological polar surface area (TPSA) is 68.3 Å². The number of benzene rings is 1. The number of esters is 1. The Morgan fingerprint density at radius 1 is 1.41 bits per heavy atom. The molecule has 0 radical (unpaired) electrons. The normalized spacial score (nSPS) is 12.1. The minimum absolute atomic E-state index is 0.178. The van der Waals surface area contributed by atoms with Crippen LogP contribution >= 0.6 is 11.3 Å². The SMILES string of the molecule is CCCC(C)C(=O)OCC(=O)Nc1nc2ccc(C)cc2s1. The van der Waals surface area contributed by atoms with Crippen LogP contribution in [0.2, 0.25) is 0 Å². The van der Waals surface area contributed by atoms with E-state index >= 15 is 0 Å². The van der Waals surface area contributed by atoms with E-state index in [1.165, 1.54) is 11.3 Å². The molecule has 0 fully saturated rings. The Labute approximate surface area is 133 Å². The number of carbonyl (C=O) groups excluding carboxylic acids is 2. The van der Waals surface area contributed by atoms with Crippen molar-refractivity contribution in [2.24, 2.45) is 5.92 Å². The van der Waals surface area contributed by atoms with Crippen molar-refractivity contribution in [3.8, 4) is 0 Å². The summed E-state index contributed by atoms with van der Waals surface area (Å²) >= 11 is 1.40. The molecule has 1 heterocycles. The number of ether oxygens (including phenoxy) is 1. The first-order valence-corrected chi connectivity index (χ1v) is 8.15. The maximum Gasteiger partial charge on any atom is 0.309 e. The zero-order valence-electron chi connectivity index (χ0n) is 13.0. The molecule has 1 aromatic carbocycles. The molecule has 22 heavy (non-hydrogen) atoms. The van der Waals surface area contributed by atoms with E-state index < -0.39 is 0 Å². The van der Waals surface area contributed by atoms with Crippen molar-refractivity contribution in [2.45, 2.75) is 33.6 Å². The fourth-order valence-electron chi connectivity index (χ4n) is 2.07. The first-order valence-electron chi connectivity index (χ1n) is 7.33. The Balaban J connectivity index is 1.89. The molecule has 0 bridgehead atoms. The lowest BCUT2D eigenvalue weighted by atomic mass is 10.1. The van der Waals surface area contributed by atoms with Gasteiger partial charge in [0.1, 0.15) is 0 Å². The second kappa shape index (κ2) is 7.35. The van der Waals surface area contributed by atoms with E-state index in [1.54, 1.807) is 6.92 Å². The lowest BCUT2D eigenvalue weighted by Gasteiger charge is -2.09. The maximum absolute atomic E-state index is 11.8. The number of nitrogens with zero attached hydrogens (tertiary/aromatic N) is 1. The van der Waals surface area contributed by atoms with Crippen molar-refractivity contribution >= 4 is 38.6 Å². The van der Waals surface area contributed by atoms with Crippen LogP contribution in [0, 0.1) is 12.8 Å². The smallest absolute Gasteiger partial charge is 0.309 e. The van der Waals surface area contributed by atoms with Gasteiger partial charge in [0.2, 0.25) is 0 Å². The van der Waals surface area contributed by atoms with Crippen molar-refractivity contribution in [2.75, 3.05) is 11.9 Å². The molecular formula is C16H20N2O3S. The first kappa shape index (κ1) is 16.4. The van der Waals surface area contributed by atoms with Gasteiger partial charge >= 0.3 is 5.97 Å². The van der Waals surface area contributed by atoms with Crippen molar-refractivity contribution < 1.29 is 14.3 Å². The van der Waals surface area contributed by atoms with E-state index in [2.05, 4.69) is 10.3 Å². The van der Waals surface area contributed by atoms with Crippen molar-refractivity contribution in [1.82, 2.24) is 4.98 Å². The summed E-state index contributed by atoms with van der Waals surface area (Å²) in [6, 6.07) is 5.92. The molecular weight excluding hydrogens is 300 g/mol. The third-order valence-electron chi connectivity index (χ3n) is 3.26. The number of anilines is 1. The van der Waals surface area contributed by atoms with Gasteiger partial charge in [0.15, 0.2) is 11.7 Å². The van der Waals surface area contributed by atoms with Crippen molar-refractivity contribution in [3.63, 3.8) is 0 Å². The molecule has 2 aromatic rings. The van der Waals surface area contributed by atoms with Gasteiger partial charge < -0.3 is 4.74 Å². The van der Waals surface area contributed by atoms with E-state index in [9.17, 15) is 9.59 Å². The van der Waals surface area contributed by atoms with Gasteiger partial charge in [0.25, 0.3) is 5.91 Å². The highest BCUT2D eigenvalue weighted by atomic mass is 32.1. The minimum atomic E-state index is -0.368. The fourth-order valence-corrected chi connectivity index (χ4v) is 3.05. The van der Waals surface area contributed by atoms with Crippen molar-refractivity contribution in [1.29, 1.82) is 0 Å². The van der Waals surface area contributed by atoms with Crippen LogP contribution in [0.25, 0.3) is 10.2 Å². The Hall–Kier alpha value is -1.95. The average molecular weight is 320 g/mol. The number of rotatable bonds is 6. The summed E-state index contributed by atoms with van der Waals surface area (Å²) in [6.07, 6.45) is 1.67. The first-order chi connectivity index (χ1) is 10.5. The summed E-state index contributed by atoms with van der Waals surface area (Å²) in [5.74, 6) is -0.882. The fraction of sp³-hybridized carbons (Fsp3) is 0.438. The lowest BCUT2D eigenvalue weighted by molar-refractivity contribution is -0.151. The Morgan fingerprint density at radius 3 is 2.91 bits per heavy atom. The van der Waals surface area contributed by atoms with E-state index in [1.807, 2.05) is 32.0 Å². The van der Waals surface area contributed by atoms with Crippen LogP contribution in [0.4, 0.5) is 5.13 Å². The van der Waals surface area contributed by atoms with E-state index in [0.29, 0.717) is 5.13 Å². The summed E-state index contributed by atoms with van der Waals surface area (Å²) in [7, 11) is 0. The molecule has 0 aliphatic heterocycles. The highest BCUT2D eigenvalue weighted by Crippen LogP contribution is 2.26. The number of thiazole rings is 1. The molecule has 2 rings (SSSR count). The number of hydrogen-bond acceptors (Lipinski definition) is 5. The van der Waals surface area contributed by atoms with Crippen LogP contribution < -0.4 is 5.32 Å². The molecule has 0 spiro atoms. The van der Waals surface area contributed by atoms with Crippen LogP contribution in [-0.4, -0.2) is 23.5 Å². The monoisotopic (exact) mass is 320 g/mol. The molecule has 118 valence electrons. The number of fused-ring (bicyclic) bond motifs is 1. The average Bonchev–Trinajstić information content (AvgIpc) is 2.86. The van der Waals surface area contributed by atoms with E-state index in [-0.39, 0.29) is 24.4 Å². The number of nitrogens with one attached hydrogen (secondary N) is 1. The van der Waals surface area contributed by atoms with Crippen molar-refractivity contribution in [3.05, 3.63) is 23.8 Å². The van der Waals surface area contributed by atoms with Gasteiger partial charge in [-0.3, -0.25) is 14.9 Å². The van der Waals surface area contributed by atoms with E-state index in [0.717, 1.165) is 28.6 Å². The molecule has 0 saturated heterocycles. The number of aryl methyl sites for hydroxylation is 1. The molecule has 0 saturated carbocycles. The maximum atomic E-state index is 11.8. The number of hydrogen-bond donors (Lipinski definition) is 1. The number of amides is 1. The van der Waals surface area contributed by atoms with Gasteiger partial charge in [-0.1, -0.05) is 37.7 Å². The molecule has 0 aliphatic carbocycles. The number of aromatic nitrogens is 1. The molecule has 1 atom stereocenters. The zero-order valence-corrected chi connectivity index (χ0v) is 13.8. The number of carbonyl (C=O) groups is 2. The molecule has 0 aliphatic rings. The predicted molar refractivity (Wildman–Crippen MR) is 88.0 cm³/mol. The summed E-state index contributed by atoms with van der Waals surface area (Å²) < 4.78 is 6.03. The summed E-state index contributed by atoms with van der Waals surface area (Å²) in [4.78, 5) is 27.8. The summed E-state index contributed by atoms with van der Waals surface area (Å²) in [6.45, 7) is 5.54. The van der Waals surface area contributed by atoms with Gasteiger partial charge in [-0.25, -0.2) is 4.98 Å². The largest absolute Gasteiger partial charge is 0.455 e. The van der Waals surface area contributed by atoms with E-state index in [4.69, 9.17) is 4.74 Å².